The van der Waals surface area contributed by atoms with E-state index in [1.165, 1.54) is 0 Å². The summed E-state index contributed by atoms with van der Waals surface area (Å²) in [5, 5.41) is 3.14. The van der Waals surface area contributed by atoms with Crippen LogP contribution in [0.2, 0.25) is 0 Å². The van der Waals surface area contributed by atoms with Crippen LogP contribution < -0.4 is 5.32 Å². The van der Waals surface area contributed by atoms with E-state index in [9.17, 15) is 0 Å². The summed E-state index contributed by atoms with van der Waals surface area (Å²) in [6.07, 6.45) is 3.52. The topological polar surface area (TPSA) is 50.7 Å². The third-order valence-electron chi connectivity index (χ3n) is 3.35. The minimum Gasteiger partial charge on any atom is -0.373 e. The Kier molecular flexibility index (Phi) is 3.60. The molecule has 3 aromatic rings. The smallest absolute Gasteiger partial charge is 0.163 e. The maximum absolute atomic E-state index is 4.73. The molecule has 104 valence electrons. The first-order valence-corrected chi connectivity index (χ1v) is 6.82. The van der Waals surface area contributed by atoms with E-state index in [-0.39, 0.29) is 0 Å². The zero-order valence-corrected chi connectivity index (χ0v) is 12.0. The van der Waals surface area contributed by atoms with Crippen LogP contribution in [0.15, 0.2) is 54.9 Å². The Morgan fingerprint density at radius 2 is 1.67 bits per heavy atom. The Morgan fingerprint density at radius 3 is 2.33 bits per heavy atom. The number of pyridine rings is 1. The van der Waals surface area contributed by atoms with Crippen molar-refractivity contribution in [3.05, 3.63) is 60.4 Å². The Balaban J connectivity index is 2.21. The monoisotopic (exact) mass is 276 g/mol. The summed E-state index contributed by atoms with van der Waals surface area (Å²) >= 11 is 0. The molecule has 0 aliphatic rings. The van der Waals surface area contributed by atoms with Crippen molar-refractivity contribution in [1.82, 2.24) is 15.0 Å². The summed E-state index contributed by atoms with van der Waals surface area (Å²) in [7, 11) is 1.87. The van der Waals surface area contributed by atoms with Gasteiger partial charge in [0.1, 0.15) is 5.82 Å². The number of nitrogens with one attached hydrogen (secondary N) is 1. The molecule has 0 amide bonds. The van der Waals surface area contributed by atoms with Crippen LogP contribution in [0.1, 0.15) is 5.56 Å². The van der Waals surface area contributed by atoms with Crippen molar-refractivity contribution < 1.29 is 0 Å². The quantitative estimate of drug-likeness (QED) is 0.794. The molecular formula is C17H16N4. The number of hydrogen-bond acceptors (Lipinski definition) is 4. The summed E-state index contributed by atoms with van der Waals surface area (Å²) in [6, 6.07) is 14.0. The zero-order valence-electron chi connectivity index (χ0n) is 12.0. The van der Waals surface area contributed by atoms with Crippen molar-refractivity contribution in [3.63, 3.8) is 0 Å². The van der Waals surface area contributed by atoms with E-state index in [1.807, 2.05) is 44.3 Å². The largest absolute Gasteiger partial charge is 0.373 e. The Hall–Kier alpha value is -2.75. The maximum atomic E-state index is 4.73. The second-order valence-corrected chi connectivity index (χ2v) is 4.73. The maximum Gasteiger partial charge on any atom is 0.163 e. The normalized spacial score (nSPS) is 10.4. The molecule has 0 saturated heterocycles. The summed E-state index contributed by atoms with van der Waals surface area (Å²) in [5.74, 6) is 1.51. The van der Waals surface area contributed by atoms with Crippen molar-refractivity contribution in [2.75, 3.05) is 12.4 Å². The van der Waals surface area contributed by atoms with Crippen LogP contribution in [0.5, 0.6) is 0 Å². The average Bonchev–Trinajstić information content (AvgIpc) is 2.56. The lowest BCUT2D eigenvalue weighted by atomic mass is 10.1. The fourth-order valence-electron chi connectivity index (χ4n) is 2.26. The van der Waals surface area contributed by atoms with Gasteiger partial charge in [0.25, 0.3) is 0 Å². The van der Waals surface area contributed by atoms with Gasteiger partial charge in [0.15, 0.2) is 5.82 Å². The molecule has 1 aromatic carbocycles. The highest BCUT2D eigenvalue weighted by Crippen LogP contribution is 2.28. The van der Waals surface area contributed by atoms with E-state index < -0.39 is 0 Å². The van der Waals surface area contributed by atoms with Gasteiger partial charge < -0.3 is 5.32 Å². The average molecular weight is 276 g/mol. The fourth-order valence-corrected chi connectivity index (χ4v) is 2.26. The molecule has 4 nitrogen and oxygen atoms in total. The number of rotatable bonds is 3. The van der Waals surface area contributed by atoms with Gasteiger partial charge in [0.05, 0.1) is 5.69 Å². The van der Waals surface area contributed by atoms with Crippen molar-refractivity contribution in [1.29, 1.82) is 0 Å². The van der Waals surface area contributed by atoms with Crippen molar-refractivity contribution in [2.24, 2.45) is 0 Å². The molecule has 2 aromatic heterocycles. The second-order valence-electron chi connectivity index (χ2n) is 4.73. The molecule has 0 unspecified atom stereocenters. The first kappa shape index (κ1) is 13.2. The molecule has 21 heavy (non-hydrogen) atoms. The van der Waals surface area contributed by atoms with Crippen molar-refractivity contribution in [2.45, 2.75) is 6.92 Å². The molecule has 0 bridgehead atoms. The van der Waals surface area contributed by atoms with Crippen LogP contribution in [-0.2, 0) is 0 Å². The van der Waals surface area contributed by atoms with Crippen LogP contribution in [0, 0.1) is 6.92 Å². The van der Waals surface area contributed by atoms with Gasteiger partial charge in [-0.25, -0.2) is 9.97 Å². The molecule has 0 atom stereocenters. The molecular weight excluding hydrogens is 260 g/mol. The van der Waals surface area contributed by atoms with Gasteiger partial charge in [0, 0.05) is 36.1 Å². The van der Waals surface area contributed by atoms with Gasteiger partial charge in [-0.1, -0.05) is 30.3 Å². The van der Waals surface area contributed by atoms with Crippen LogP contribution in [0.3, 0.4) is 0 Å². The highest BCUT2D eigenvalue weighted by atomic mass is 15.0. The second kappa shape index (κ2) is 5.71. The lowest BCUT2D eigenvalue weighted by Crippen LogP contribution is -2.03. The summed E-state index contributed by atoms with van der Waals surface area (Å²) in [4.78, 5) is 13.5. The predicted molar refractivity (Wildman–Crippen MR) is 85.0 cm³/mol. The van der Waals surface area contributed by atoms with Gasteiger partial charge in [-0.3, -0.25) is 4.98 Å². The molecule has 1 N–H and O–H groups in total. The molecule has 0 radical (unpaired) electrons. The van der Waals surface area contributed by atoms with Gasteiger partial charge in [0.2, 0.25) is 0 Å². The van der Waals surface area contributed by atoms with Crippen molar-refractivity contribution in [3.8, 4) is 22.6 Å². The minimum absolute atomic E-state index is 0.678. The van der Waals surface area contributed by atoms with E-state index in [0.29, 0.717) is 5.82 Å². The molecule has 0 spiro atoms. The standard InChI is InChI=1S/C17H16N4/c1-12-15(13-7-4-3-5-8-13)20-17(21-16(12)18-2)14-9-6-10-19-11-14/h3-11H,1-2H3,(H,18,20,21). The molecule has 0 fully saturated rings. The summed E-state index contributed by atoms with van der Waals surface area (Å²) in [6.45, 7) is 2.03. The highest BCUT2D eigenvalue weighted by Gasteiger charge is 2.12. The summed E-state index contributed by atoms with van der Waals surface area (Å²) < 4.78 is 0. The molecule has 0 aliphatic heterocycles. The number of nitrogens with zero attached hydrogens (tertiary/aromatic N) is 3. The van der Waals surface area contributed by atoms with Crippen LogP contribution in [0.25, 0.3) is 22.6 Å². The fraction of sp³-hybridized carbons (Fsp3) is 0.118. The molecule has 0 aliphatic carbocycles. The van der Waals surface area contributed by atoms with Crippen LogP contribution in [-0.4, -0.2) is 22.0 Å². The predicted octanol–water partition coefficient (Wildman–Crippen LogP) is 3.56. The van der Waals surface area contributed by atoms with E-state index in [0.717, 1.165) is 28.2 Å². The van der Waals surface area contributed by atoms with Gasteiger partial charge in [-0.15, -0.1) is 0 Å². The SMILES string of the molecule is CNc1nc(-c2cccnc2)nc(-c2ccccc2)c1C. The number of hydrogen-bond donors (Lipinski definition) is 1. The third-order valence-corrected chi connectivity index (χ3v) is 3.35. The minimum atomic E-state index is 0.678. The Labute approximate surface area is 123 Å². The zero-order chi connectivity index (χ0) is 14.7. The molecule has 0 saturated carbocycles. The number of aromatic nitrogens is 3. The molecule has 3 rings (SSSR count). The van der Waals surface area contributed by atoms with E-state index >= 15 is 0 Å². The lowest BCUT2D eigenvalue weighted by Gasteiger charge is -2.12. The first-order chi connectivity index (χ1) is 10.3. The van der Waals surface area contributed by atoms with Gasteiger partial charge in [-0.05, 0) is 19.1 Å². The first-order valence-electron chi connectivity index (χ1n) is 6.82. The van der Waals surface area contributed by atoms with E-state index in [2.05, 4.69) is 27.4 Å². The third kappa shape index (κ3) is 2.60. The number of benzene rings is 1. The van der Waals surface area contributed by atoms with Crippen LogP contribution >= 0.6 is 0 Å². The van der Waals surface area contributed by atoms with Crippen LogP contribution in [0.4, 0.5) is 5.82 Å². The highest BCUT2D eigenvalue weighted by molar-refractivity contribution is 5.71. The molecule has 2 heterocycles. The molecule has 4 heteroatoms. The Morgan fingerprint density at radius 1 is 0.905 bits per heavy atom. The summed E-state index contributed by atoms with van der Waals surface area (Å²) in [5.41, 5.74) is 3.97. The van der Waals surface area contributed by atoms with E-state index in [4.69, 9.17) is 4.98 Å². The van der Waals surface area contributed by atoms with E-state index in [1.54, 1.807) is 12.4 Å². The van der Waals surface area contributed by atoms with Gasteiger partial charge in [-0.2, -0.15) is 0 Å². The lowest BCUT2D eigenvalue weighted by molar-refractivity contribution is 1.13. The number of anilines is 1. The Bertz CT molecular complexity index is 739. The van der Waals surface area contributed by atoms with Crippen molar-refractivity contribution >= 4 is 5.82 Å². The van der Waals surface area contributed by atoms with Gasteiger partial charge >= 0.3 is 0 Å².